The van der Waals surface area contributed by atoms with Crippen molar-refractivity contribution in [3.05, 3.63) is 132 Å². The van der Waals surface area contributed by atoms with E-state index < -0.39 is 0 Å². The molecular weight excluding hydrogens is 448 g/mol. The molecule has 0 radical (unpaired) electrons. The molecule has 0 aliphatic carbocycles. The highest BCUT2D eigenvalue weighted by atomic mass is 15.0. The Bertz CT molecular complexity index is 1450. The first-order valence-corrected chi connectivity index (χ1v) is 13.4. The second-order valence-corrected chi connectivity index (χ2v) is 10.5. The van der Waals surface area contributed by atoms with Gasteiger partial charge in [-0.25, -0.2) is 0 Å². The standard InChI is InChI=1S/C35H36N2/c1-24(2)28-18-11-19-29(25(3)4)35(28)37-34(23-26-13-6-5-7-14-26)33-22-12-21-32(36-33)31-20-10-16-27-15-8-9-17-30(27)31/h5-22,24-25,34,37H,23H2,1-4H3. The summed E-state index contributed by atoms with van der Waals surface area (Å²) in [7, 11) is 0. The molecule has 2 heteroatoms. The monoisotopic (exact) mass is 484 g/mol. The summed E-state index contributed by atoms with van der Waals surface area (Å²) in [5, 5.41) is 6.46. The lowest BCUT2D eigenvalue weighted by atomic mass is 9.91. The minimum atomic E-state index is 0.0368. The molecule has 5 aromatic rings. The van der Waals surface area contributed by atoms with Crippen LogP contribution >= 0.6 is 0 Å². The highest BCUT2D eigenvalue weighted by molar-refractivity contribution is 5.95. The van der Waals surface area contributed by atoms with E-state index in [4.69, 9.17) is 4.98 Å². The smallest absolute Gasteiger partial charge is 0.0725 e. The van der Waals surface area contributed by atoms with Crippen LogP contribution in [0.1, 0.15) is 68.0 Å². The summed E-state index contributed by atoms with van der Waals surface area (Å²) < 4.78 is 0. The average Bonchev–Trinajstić information content (AvgIpc) is 2.93. The molecule has 0 amide bonds. The third-order valence-electron chi connectivity index (χ3n) is 7.17. The molecule has 2 nitrogen and oxygen atoms in total. The Kier molecular flexibility index (Phi) is 7.37. The molecule has 0 spiro atoms. The van der Waals surface area contributed by atoms with Gasteiger partial charge in [0.25, 0.3) is 0 Å². The fraction of sp³-hybridized carbons (Fsp3) is 0.229. The van der Waals surface area contributed by atoms with E-state index in [0.29, 0.717) is 11.8 Å². The van der Waals surface area contributed by atoms with E-state index in [1.807, 2.05) is 0 Å². The molecule has 1 N–H and O–H groups in total. The van der Waals surface area contributed by atoms with Gasteiger partial charge in [0, 0.05) is 11.3 Å². The number of hydrogen-bond donors (Lipinski definition) is 1. The highest BCUT2D eigenvalue weighted by Crippen LogP contribution is 2.36. The van der Waals surface area contributed by atoms with Gasteiger partial charge in [0.05, 0.1) is 17.4 Å². The van der Waals surface area contributed by atoms with Crippen LogP contribution in [0.25, 0.3) is 22.0 Å². The van der Waals surface area contributed by atoms with Crippen molar-refractivity contribution < 1.29 is 0 Å². The van der Waals surface area contributed by atoms with Gasteiger partial charge in [0.2, 0.25) is 0 Å². The molecular formula is C35H36N2. The molecule has 0 aliphatic rings. The van der Waals surface area contributed by atoms with E-state index in [0.717, 1.165) is 17.8 Å². The van der Waals surface area contributed by atoms with Crippen LogP contribution in [0.4, 0.5) is 5.69 Å². The number of fused-ring (bicyclic) bond motifs is 1. The second kappa shape index (κ2) is 11.0. The van der Waals surface area contributed by atoms with Gasteiger partial charge in [-0.2, -0.15) is 0 Å². The Morgan fingerprint density at radius 2 is 1.24 bits per heavy atom. The third kappa shape index (κ3) is 5.44. The topological polar surface area (TPSA) is 24.9 Å². The van der Waals surface area contributed by atoms with E-state index in [1.54, 1.807) is 0 Å². The molecule has 4 aromatic carbocycles. The van der Waals surface area contributed by atoms with E-state index in [9.17, 15) is 0 Å². The van der Waals surface area contributed by atoms with Crippen LogP contribution < -0.4 is 5.32 Å². The summed E-state index contributed by atoms with van der Waals surface area (Å²) in [6, 6.07) is 39.0. The van der Waals surface area contributed by atoms with Crippen LogP contribution in [0.15, 0.2) is 109 Å². The van der Waals surface area contributed by atoms with Crippen molar-refractivity contribution >= 4 is 16.5 Å². The lowest BCUT2D eigenvalue weighted by Crippen LogP contribution is -2.18. The van der Waals surface area contributed by atoms with Gasteiger partial charge in [-0.3, -0.25) is 4.98 Å². The number of para-hydroxylation sites is 1. The molecule has 1 unspecified atom stereocenters. The first-order valence-electron chi connectivity index (χ1n) is 13.4. The van der Waals surface area contributed by atoms with Gasteiger partial charge in [-0.15, -0.1) is 0 Å². The number of nitrogens with zero attached hydrogens (tertiary/aromatic N) is 1. The van der Waals surface area contributed by atoms with Crippen molar-refractivity contribution in [2.45, 2.75) is 52.0 Å². The van der Waals surface area contributed by atoms with Gasteiger partial charge in [0.15, 0.2) is 0 Å². The number of hydrogen-bond acceptors (Lipinski definition) is 2. The predicted molar refractivity (Wildman–Crippen MR) is 158 cm³/mol. The molecule has 1 aromatic heterocycles. The summed E-state index contributed by atoms with van der Waals surface area (Å²) in [6.07, 6.45) is 0.858. The van der Waals surface area contributed by atoms with Gasteiger partial charge < -0.3 is 5.32 Å². The SMILES string of the molecule is CC(C)c1cccc(C(C)C)c1NC(Cc1ccccc1)c1cccc(-c2cccc3ccccc23)n1. The molecule has 0 saturated heterocycles. The van der Waals surface area contributed by atoms with Gasteiger partial charge >= 0.3 is 0 Å². The number of pyridine rings is 1. The molecule has 186 valence electrons. The molecule has 1 atom stereocenters. The Morgan fingerprint density at radius 3 is 1.97 bits per heavy atom. The van der Waals surface area contributed by atoms with Crippen LogP contribution in [0.5, 0.6) is 0 Å². The summed E-state index contributed by atoms with van der Waals surface area (Å²) in [5.74, 6) is 0.849. The maximum absolute atomic E-state index is 5.27. The normalized spacial score (nSPS) is 12.3. The van der Waals surface area contributed by atoms with Crippen molar-refractivity contribution in [2.24, 2.45) is 0 Å². The number of benzene rings is 4. The van der Waals surface area contributed by atoms with Crippen LogP contribution in [0.2, 0.25) is 0 Å². The number of nitrogens with one attached hydrogen (secondary N) is 1. The van der Waals surface area contributed by atoms with Gasteiger partial charge in [-0.05, 0) is 57.9 Å². The highest BCUT2D eigenvalue weighted by Gasteiger charge is 2.21. The van der Waals surface area contributed by atoms with E-state index in [-0.39, 0.29) is 6.04 Å². The zero-order valence-corrected chi connectivity index (χ0v) is 22.3. The predicted octanol–water partition coefficient (Wildman–Crippen LogP) is 9.54. The minimum absolute atomic E-state index is 0.0368. The fourth-order valence-electron chi connectivity index (χ4n) is 5.22. The summed E-state index contributed by atoms with van der Waals surface area (Å²) in [5.41, 5.74) is 8.50. The van der Waals surface area contributed by atoms with Crippen molar-refractivity contribution in [3.63, 3.8) is 0 Å². The second-order valence-electron chi connectivity index (χ2n) is 10.5. The Balaban J connectivity index is 1.61. The maximum Gasteiger partial charge on any atom is 0.0725 e. The number of rotatable bonds is 8. The summed E-state index contributed by atoms with van der Waals surface area (Å²) >= 11 is 0. The van der Waals surface area contributed by atoms with Crippen LogP contribution in [0.3, 0.4) is 0 Å². The van der Waals surface area contributed by atoms with Crippen molar-refractivity contribution in [2.75, 3.05) is 5.32 Å². The molecule has 5 rings (SSSR count). The van der Waals surface area contributed by atoms with Crippen LogP contribution in [0, 0.1) is 0 Å². The fourth-order valence-corrected chi connectivity index (χ4v) is 5.22. The average molecular weight is 485 g/mol. The summed E-state index contributed by atoms with van der Waals surface area (Å²) in [4.78, 5) is 5.27. The molecule has 0 bridgehead atoms. The Labute approximate surface area is 221 Å². The van der Waals surface area contributed by atoms with E-state index in [2.05, 4.69) is 142 Å². The first kappa shape index (κ1) is 24.8. The minimum Gasteiger partial charge on any atom is -0.376 e. The van der Waals surface area contributed by atoms with Crippen molar-refractivity contribution in [3.8, 4) is 11.3 Å². The van der Waals surface area contributed by atoms with E-state index >= 15 is 0 Å². The molecule has 1 heterocycles. The third-order valence-corrected chi connectivity index (χ3v) is 7.17. The molecule has 0 aliphatic heterocycles. The van der Waals surface area contributed by atoms with Crippen LogP contribution in [-0.4, -0.2) is 4.98 Å². The lowest BCUT2D eigenvalue weighted by molar-refractivity contribution is 0.734. The van der Waals surface area contributed by atoms with E-state index in [1.165, 1.54) is 38.7 Å². The quantitative estimate of drug-likeness (QED) is 0.237. The Morgan fingerprint density at radius 1 is 0.622 bits per heavy atom. The largest absolute Gasteiger partial charge is 0.376 e. The van der Waals surface area contributed by atoms with Gasteiger partial charge in [-0.1, -0.05) is 125 Å². The van der Waals surface area contributed by atoms with Crippen LogP contribution in [-0.2, 0) is 6.42 Å². The maximum atomic E-state index is 5.27. The zero-order chi connectivity index (χ0) is 25.8. The molecule has 37 heavy (non-hydrogen) atoms. The summed E-state index contributed by atoms with van der Waals surface area (Å²) in [6.45, 7) is 9.10. The molecule has 0 saturated carbocycles. The van der Waals surface area contributed by atoms with Gasteiger partial charge in [0.1, 0.15) is 0 Å². The van der Waals surface area contributed by atoms with Crippen molar-refractivity contribution in [1.29, 1.82) is 0 Å². The van der Waals surface area contributed by atoms with Crippen molar-refractivity contribution in [1.82, 2.24) is 4.98 Å². The first-order chi connectivity index (χ1) is 18.0. The Hall–Kier alpha value is -3.91. The zero-order valence-electron chi connectivity index (χ0n) is 22.3. The molecule has 0 fully saturated rings. The number of anilines is 1. The number of aromatic nitrogens is 1. The lowest BCUT2D eigenvalue weighted by Gasteiger charge is -2.27.